The molecule has 0 heterocycles. The molecule has 18 heavy (non-hydrogen) atoms. The Bertz CT molecular complexity index is 417. The highest BCUT2D eigenvalue weighted by atomic mass is 19.1. The molecule has 0 radical (unpaired) electrons. The third kappa shape index (κ3) is 2.53. The van der Waals surface area contributed by atoms with Crippen LogP contribution in [0.5, 0.6) is 5.75 Å². The van der Waals surface area contributed by atoms with E-state index in [2.05, 4.69) is 0 Å². The maximum Gasteiger partial charge on any atom is 0.197 e. The van der Waals surface area contributed by atoms with Gasteiger partial charge in [-0.1, -0.05) is 13.8 Å². The van der Waals surface area contributed by atoms with Crippen molar-refractivity contribution in [3.63, 3.8) is 0 Å². The summed E-state index contributed by atoms with van der Waals surface area (Å²) in [5, 5.41) is 0. The first kappa shape index (κ1) is 14.6. The number of rotatable bonds is 6. The highest BCUT2D eigenvalue weighted by molar-refractivity contribution is 6.02. The Balaban J connectivity index is 3.17. The van der Waals surface area contributed by atoms with Crippen molar-refractivity contribution in [3.8, 4) is 5.75 Å². The van der Waals surface area contributed by atoms with E-state index in [-0.39, 0.29) is 11.3 Å². The Labute approximate surface area is 107 Å². The van der Waals surface area contributed by atoms with E-state index in [1.165, 1.54) is 26.4 Å². The third-order valence-corrected chi connectivity index (χ3v) is 3.37. The molecule has 0 aliphatic heterocycles. The molecule has 100 valence electrons. The van der Waals surface area contributed by atoms with Crippen LogP contribution in [0.4, 0.5) is 4.39 Å². The number of methoxy groups -OCH3 is 2. The smallest absolute Gasteiger partial charge is 0.197 e. The minimum atomic E-state index is -0.949. The topological polar surface area (TPSA) is 35.5 Å². The molecule has 0 amide bonds. The SMILES string of the molecule is CCC(CC)(OC)C(=O)c1ccc(OC)cc1F. The van der Waals surface area contributed by atoms with Crippen LogP contribution >= 0.6 is 0 Å². The Morgan fingerprint density at radius 3 is 2.28 bits per heavy atom. The van der Waals surface area contributed by atoms with E-state index in [4.69, 9.17) is 9.47 Å². The Hall–Kier alpha value is -1.42. The fourth-order valence-corrected chi connectivity index (χ4v) is 2.00. The van der Waals surface area contributed by atoms with Gasteiger partial charge in [-0.3, -0.25) is 4.79 Å². The van der Waals surface area contributed by atoms with Gasteiger partial charge in [0.05, 0.1) is 12.7 Å². The van der Waals surface area contributed by atoms with E-state index < -0.39 is 11.4 Å². The minimum absolute atomic E-state index is 0.0429. The second kappa shape index (κ2) is 5.96. The second-order valence-electron chi connectivity index (χ2n) is 4.08. The van der Waals surface area contributed by atoms with Crippen LogP contribution in [0, 0.1) is 5.82 Å². The molecule has 0 saturated heterocycles. The lowest BCUT2D eigenvalue weighted by Gasteiger charge is -2.28. The zero-order chi connectivity index (χ0) is 13.8. The monoisotopic (exact) mass is 254 g/mol. The van der Waals surface area contributed by atoms with Crippen LogP contribution in [0.3, 0.4) is 0 Å². The summed E-state index contributed by atoms with van der Waals surface area (Å²) < 4.78 is 24.1. The fourth-order valence-electron chi connectivity index (χ4n) is 2.00. The summed E-state index contributed by atoms with van der Waals surface area (Å²) in [5.41, 5.74) is -0.906. The van der Waals surface area contributed by atoms with Crippen LogP contribution in [-0.2, 0) is 4.74 Å². The molecule has 3 nitrogen and oxygen atoms in total. The highest BCUT2D eigenvalue weighted by Gasteiger charge is 2.36. The van der Waals surface area contributed by atoms with E-state index in [9.17, 15) is 9.18 Å². The van der Waals surface area contributed by atoms with Crippen LogP contribution in [0.1, 0.15) is 37.0 Å². The molecule has 0 N–H and O–H groups in total. The van der Waals surface area contributed by atoms with E-state index in [1.54, 1.807) is 6.07 Å². The second-order valence-corrected chi connectivity index (χ2v) is 4.08. The lowest BCUT2D eigenvalue weighted by molar-refractivity contribution is -0.00293. The number of hydrogen-bond acceptors (Lipinski definition) is 3. The Morgan fingerprint density at radius 2 is 1.89 bits per heavy atom. The van der Waals surface area contributed by atoms with Gasteiger partial charge in [0.2, 0.25) is 0 Å². The normalized spacial score (nSPS) is 11.4. The molecule has 0 fully saturated rings. The van der Waals surface area contributed by atoms with Gasteiger partial charge in [-0.25, -0.2) is 4.39 Å². The largest absolute Gasteiger partial charge is 0.497 e. The summed E-state index contributed by atoms with van der Waals surface area (Å²) in [5.74, 6) is -0.516. The summed E-state index contributed by atoms with van der Waals surface area (Å²) >= 11 is 0. The van der Waals surface area contributed by atoms with Gasteiger partial charge >= 0.3 is 0 Å². The predicted molar refractivity (Wildman–Crippen MR) is 67.6 cm³/mol. The number of Topliss-reactive ketones (excluding diaryl/α,β-unsaturated/α-hetero) is 1. The summed E-state index contributed by atoms with van der Waals surface area (Å²) in [7, 11) is 2.93. The first-order valence-corrected chi connectivity index (χ1v) is 5.98. The summed E-state index contributed by atoms with van der Waals surface area (Å²) in [6.07, 6.45) is 1.01. The van der Waals surface area contributed by atoms with Crippen molar-refractivity contribution in [3.05, 3.63) is 29.6 Å². The minimum Gasteiger partial charge on any atom is -0.497 e. The quantitative estimate of drug-likeness (QED) is 0.731. The molecule has 4 heteroatoms. The summed E-state index contributed by atoms with van der Waals surface area (Å²) in [6.45, 7) is 3.71. The average Bonchev–Trinajstić information content (AvgIpc) is 2.41. The molecule has 0 spiro atoms. The molecule has 0 bridgehead atoms. The predicted octanol–water partition coefficient (Wildman–Crippen LogP) is 3.22. The number of halogens is 1. The van der Waals surface area contributed by atoms with Gasteiger partial charge in [0.25, 0.3) is 0 Å². The zero-order valence-corrected chi connectivity index (χ0v) is 11.2. The summed E-state index contributed by atoms with van der Waals surface area (Å²) in [6, 6.07) is 4.22. The van der Waals surface area contributed by atoms with E-state index in [0.29, 0.717) is 18.6 Å². The van der Waals surface area contributed by atoms with Crippen LogP contribution in [0.2, 0.25) is 0 Å². The molecular formula is C14H19FO3. The number of carbonyl (C=O) groups excluding carboxylic acids is 1. The van der Waals surface area contributed by atoms with Crippen molar-refractivity contribution >= 4 is 5.78 Å². The molecule has 1 aromatic rings. The van der Waals surface area contributed by atoms with Crippen LogP contribution < -0.4 is 4.74 Å². The molecule has 0 saturated carbocycles. The van der Waals surface area contributed by atoms with Gasteiger partial charge in [-0.15, -0.1) is 0 Å². The van der Waals surface area contributed by atoms with Gasteiger partial charge < -0.3 is 9.47 Å². The Morgan fingerprint density at radius 1 is 1.28 bits per heavy atom. The highest BCUT2D eigenvalue weighted by Crippen LogP contribution is 2.27. The van der Waals surface area contributed by atoms with Crippen LogP contribution in [0.15, 0.2) is 18.2 Å². The van der Waals surface area contributed by atoms with Crippen LogP contribution in [-0.4, -0.2) is 25.6 Å². The first-order chi connectivity index (χ1) is 8.54. The first-order valence-electron chi connectivity index (χ1n) is 5.98. The van der Waals surface area contributed by atoms with Crippen LogP contribution in [0.25, 0.3) is 0 Å². The van der Waals surface area contributed by atoms with Gasteiger partial charge in [0, 0.05) is 13.2 Å². The van der Waals surface area contributed by atoms with Crippen molar-refractivity contribution in [2.75, 3.05) is 14.2 Å². The van der Waals surface area contributed by atoms with E-state index >= 15 is 0 Å². The zero-order valence-electron chi connectivity index (χ0n) is 11.2. The average molecular weight is 254 g/mol. The van der Waals surface area contributed by atoms with Crippen molar-refractivity contribution < 1.29 is 18.7 Å². The van der Waals surface area contributed by atoms with Crippen molar-refractivity contribution in [2.45, 2.75) is 32.3 Å². The maximum atomic E-state index is 13.9. The lowest BCUT2D eigenvalue weighted by atomic mass is 9.87. The molecule has 0 aliphatic rings. The van der Waals surface area contributed by atoms with E-state index in [0.717, 1.165) is 0 Å². The van der Waals surface area contributed by atoms with Gasteiger partial charge in [-0.05, 0) is 25.0 Å². The summed E-state index contributed by atoms with van der Waals surface area (Å²) in [4.78, 5) is 12.4. The number of benzene rings is 1. The van der Waals surface area contributed by atoms with E-state index in [1.807, 2.05) is 13.8 Å². The van der Waals surface area contributed by atoms with Crippen molar-refractivity contribution in [1.82, 2.24) is 0 Å². The number of carbonyl (C=O) groups is 1. The van der Waals surface area contributed by atoms with Gasteiger partial charge in [0.1, 0.15) is 17.2 Å². The Kier molecular flexibility index (Phi) is 4.84. The van der Waals surface area contributed by atoms with Gasteiger partial charge in [0.15, 0.2) is 5.78 Å². The molecule has 1 aromatic carbocycles. The molecule has 0 aromatic heterocycles. The molecule has 1 rings (SSSR count). The number of hydrogen-bond donors (Lipinski definition) is 0. The molecule has 0 atom stereocenters. The fraction of sp³-hybridized carbons (Fsp3) is 0.500. The molecule has 0 unspecified atom stereocenters. The maximum absolute atomic E-state index is 13.9. The molecular weight excluding hydrogens is 235 g/mol. The lowest BCUT2D eigenvalue weighted by Crippen LogP contribution is -2.40. The third-order valence-electron chi connectivity index (χ3n) is 3.37. The van der Waals surface area contributed by atoms with Crippen molar-refractivity contribution in [2.24, 2.45) is 0 Å². The standard InChI is InChI=1S/C14H19FO3/c1-5-14(6-2,18-4)13(16)11-8-7-10(17-3)9-12(11)15/h7-9H,5-6H2,1-4H3. The number of ketones is 1. The molecule has 0 aliphatic carbocycles. The number of ether oxygens (including phenoxy) is 2. The van der Waals surface area contributed by atoms with Crippen molar-refractivity contribution in [1.29, 1.82) is 0 Å². The van der Waals surface area contributed by atoms with Gasteiger partial charge in [-0.2, -0.15) is 0 Å².